The Hall–Kier alpha value is -1.61. The maximum Gasteiger partial charge on any atom is 0.201 e. The number of aryl methyl sites for hydroxylation is 1. The van der Waals surface area contributed by atoms with E-state index in [0.29, 0.717) is 11.3 Å². The number of ether oxygens (including phenoxy) is 1. The second-order valence-corrected chi connectivity index (χ2v) is 22.4. The highest BCUT2D eigenvalue weighted by Gasteiger charge is 2.33. The van der Waals surface area contributed by atoms with Gasteiger partial charge in [-0.2, -0.15) is 4.39 Å². The van der Waals surface area contributed by atoms with E-state index < -0.39 is 19.7 Å². The van der Waals surface area contributed by atoms with Gasteiger partial charge in [-0.05, 0) is 41.6 Å². The Kier molecular flexibility index (Phi) is 14.9. The second-order valence-electron chi connectivity index (χ2n) is 12.9. The van der Waals surface area contributed by atoms with Crippen molar-refractivity contribution in [1.82, 2.24) is 9.97 Å². The fraction of sp³-hybridized carbons (Fsp3) is 0.688. The maximum absolute atomic E-state index is 14.8. The molecule has 0 bridgehead atoms. The molecule has 1 heterocycles. The van der Waals surface area contributed by atoms with Crippen LogP contribution < -0.4 is 4.74 Å². The van der Waals surface area contributed by atoms with Gasteiger partial charge in [0.2, 0.25) is 5.82 Å². The number of unbranched alkanes of at least 4 members (excludes halogenated alkanes) is 10. The van der Waals surface area contributed by atoms with Gasteiger partial charge >= 0.3 is 0 Å². The summed E-state index contributed by atoms with van der Waals surface area (Å²) in [4.78, 5) is 8.60. The number of hydrogen-bond donors (Lipinski definition) is 0. The van der Waals surface area contributed by atoms with E-state index in [1.54, 1.807) is 12.4 Å². The van der Waals surface area contributed by atoms with Gasteiger partial charge in [-0.25, -0.2) is 14.4 Å². The summed E-state index contributed by atoms with van der Waals surface area (Å²) in [6.45, 7) is 15.1. The molecule has 0 spiro atoms. The van der Waals surface area contributed by atoms with E-state index in [-0.39, 0.29) is 26.7 Å². The van der Waals surface area contributed by atoms with Crippen molar-refractivity contribution < 1.29 is 13.5 Å². The number of hydrogen-bond acceptors (Lipinski definition) is 3. The van der Waals surface area contributed by atoms with Gasteiger partial charge in [-0.15, -0.1) is 0 Å². The van der Waals surface area contributed by atoms with Crippen LogP contribution in [-0.4, -0.2) is 34.2 Å². The quantitative estimate of drug-likeness (QED) is 0.116. The zero-order valence-electron chi connectivity index (χ0n) is 25.7. The van der Waals surface area contributed by atoms with E-state index >= 15 is 0 Å². The first-order valence-corrected chi connectivity index (χ1v) is 20.7. The molecule has 0 fully saturated rings. The fourth-order valence-corrected chi connectivity index (χ4v) is 9.68. The lowest BCUT2D eigenvalue weighted by molar-refractivity contribution is 0.285. The Labute approximate surface area is 240 Å². The number of nitrogens with zero attached hydrogens (tertiary/aromatic N) is 2. The third-order valence-electron chi connectivity index (χ3n) is 8.55. The van der Waals surface area contributed by atoms with Crippen LogP contribution in [0.3, 0.4) is 0 Å². The van der Waals surface area contributed by atoms with Crippen molar-refractivity contribution in [2.75, 3.05) is 6.61 Å². The van der Waals surface area contributed by atoms with Crippen LogP contribution >= 0.6 is 0 Å². The van der Waals surface area contributed by atoms with Gasteiger partial charge in [0.15, 0.2) is 17.4 Å². The van der Waals surface area contributed by atoms with Crippen LogP contribution in [0.15, 0.2) is 24.5 Å². The number of rotatable bonds is 20. The van der Waals surface area contributed by atoms with Crippen LogP contribution in [0.2, 0.25) is 30.3 Å². The van der Waals surface area contributed by atoms with Gasteiger partial charge in [0.05, 0.1) is 12.2 Å². The Bertz CT molecular complexity index is 962. The van der Waals surface area contributed by atoms with Crippen molar-refractivity contribution in [3.63, 3.8) is 0 Å². The minimum absolute atomic E-state index is 0.0109. The minimum Gasteiger partial charge on any atom is -0.490 e. The highest BCUT2D eigenvalue weighted by molar-refractivity contribution is 6.87. The predicted octanol–water partition coefficient (Wildman–Crippen LogP) is 9.71. The molecule has 1 aromatic heterocycles. The standard InChI is InChI=1S/C32H54F2N2OSi2/c1-7-8-9-10-13-16-19-26-24-35-31(36-25-26)27-20-21-28(30(34)29(27)33)37-22-17-14-11-12-15-18-23-38-32(2,3)39(4,5)6/h20-21,24-25H,7-19,22-23,38H2,1-6H3. The lowest BCUT2D eigenvalue weighted by atomic mass is 10.1. The molecular formula is C32H54F2N2OSi2. The molecule has 0 aliphatic carbocycles. The Balaban J connectivity index is 1.67. The van der Waals surface area contributed by atoms with Gasteiger partial charge < -0.3 is 4.74 Å². The molecular weight excluding hydrogens is 523 g/mol. The number of aromatic nitrogens is 2. The van der Waals surface area contributed by atoms with Crippen molar-refractivity contribution >= 4 is 17.6 Å². The number of halogens is 2. The Morgan fingerprint density at radius 2 is 1.38 bits per heavy atom. The van der Waals surface area contributed by atoms with E-state index in [9.17, 15) is 8.78 Å². The molecule has 2 rings (SSSR count). The van der Waals surface area contributed by atoms with E-state index in [2.05, 4.69) is 50.4 Å². The minimum atomic E-state index is -1.05. The van der Waals surface area contributed by atoms with Gasteiger partial charge in [0, 0.05) is 30.0 Å². The van der Waals surface area contributed by atoms with E-state index in [1.807, 2.05) is 0 Å². The van der Waals surface area contributed by atoms with Crippen molar-refractivity contribution in [1.29, 1.82) is 0 Å². The average molecular weight is 577 g/mol. The van der Waals surface area contributed by atoms with Gasteiger partial charge in [-0.1, -0.05) is 111 Å². The molecule has 0 aliphatic heterocycles. The van der Waals surface area contributed by atoms with Crippen LogP contribution in [0.25, 0.3) is 11.4 Å². The van der Waals surface area contributed by atoms with Crippen LogP contribution in [0.4, 0.5) is 8.78 Å². The van der Waals surface area contributed by atoms with Crippen molar-refractivity contribution in [2.45, 2.75) is 135 Å². The second kappa shape index (κ2) is 17.3. The molecule has 0 radical (unpaired) electrons. The van der Waals surface area contributed by atoms with Gasteiger partial charge in [-0.3, -0.25) is 0 Å². The summed E-state index contributed by atoms with van der Waals surface area (Å²) in [7, 11) is -1.06. The highest BCUT2D eigenvalue weighted by Crippen LogP contribution is 2.36. The number of benzene rings is 1. The summed E-state index contributed by atoms with van der Waals surface area (Å²) >= 11 is 0. The third kappa shape index (κ3) is 11.8. The molecule has 2 aromatic rings. The van der Waals surface area contributed by atoms with E-state index in [0.717, 1.165) is 31.2 Å². The summed E-state index contributed by atoms with van der Waals surface area (Å²) in [6.07, 6.45) is 18.7. The normalized spacial score (nSPS) is 12.5. The zero-order valence-corrected chi connectivity index (χ0v) is 28.1. The molecule has 0 unspecified atom stereocenters. The van der Waals surface area contributed by atoms with Crippen molar-refractivity contribution in [3.8, 4) is 17.1 Å². The third-order valence-corrected chi connectivity index (χ3v) is 18.6. The van der Waals surface area contributed by atoms with E-state index in [4.69, 9.17) is 4.74 Å². The zero-order chi connectivity index (χ0) is 28.7. The lowest BCUT2D eigenvalue weighted by Gasteiger charge is -2.37. The summed E-state index contributed by atoms with van der Waals surface area (Å²) in [5.74, 6) is -1.74. The Morgan fingerprint density at radius 1 is 0.795 bits per heavy atom. The topological polar surface area (TPSA) is 35.0 Å². The molecule has 0 N–H and O–H groups in total. The molecule has 0 saturated carbocycles. The van der Waals surface area contributed by atoms with Crippen LogP contribution in [0.5, 0.6) is 5.75 Å². The van der Waals surface area contributed by atoms with Crippen LogP contribution in [-0.2, 0) is 6.42 Å². The molecule has 0 atom stereocenters. The molecule has 39 heavy (non-hydrogen) atoms. The van der Waals surface area contributed by atoms with E-state index in [1.165, 1.54) is 76.0 Å². The summed E-state index contributed by atoms with van der Waals surface area (Å²) in [5.41, 5.74) is 1.10. The van der Waals surface area contributed by atoms with Crippen molar-refractivity contribution in [2.24, 2.45) is 0 Å². The first kappa shape index (κ1) is 33.6. The molecule has 220 valence electrons. The van der Waals surface area contributed by atoms with Crippen LogP contribution in [0, 0.1) is 11.6 Å². The van der Waals surface area contributed by atoms with Crippen molar-refractivity contribution in [3.05, 3.63) is 41.7 Å². The summed E-state index contributed by atoms with van der Waals surface area (Å²) < 4.78 is 35.7. The molecule has 0 aliphatic rings. The SMILES string of the molecule is CCCCCCCCc1cnc(-c2ccc(OCCCCCCCC[SiH2]C(C)(C)[Si](C)(C)C)c(F)c2F)nc1. The first-order valence-electron chi connectivity index (χ1n) is 15.5. The summed E-state index contributed by atoms with van der Waals surface area (Å²) in [6, 6.07) is 4.46. The first-order chi connectivity index (χ1) is 18.6. The lowest BCUT2D eigenvalue weighted by Crippen LogP contribution is -2.39. The average Bonchev–Trinajstić information content (AvgIpc) is 2.89. The van der Waals surface area contributed by atoms with Gasteiger partial charge in [0.1, 0.15) is 0 Å². The molecule has 0 amide bonds. The highest BCUT2D eigenvalue weighted by atomic mass is 28.4. The smallest absolute Gasteiger partial charge is 0.201 e. The van der Waals surface area contributed by atoms with Gasteiger partial charge in [0.25, 0.3) is 0 Å². The predicted molar refractivity (Wildman–Crippen MR) is 168 cm³/mol. The fourth-order valence-electron chi connectivity index (χ4n) is 4.66. The molecule has 7 heteroatoms. The largest absolute Gasteiger partial charge is 0.490 e. The maximum atomic E-state index is 14.8. The monoisotopic (exact) mass is 576 g/mol. The molecule has 3 nitrogen and oxygen atoms in total. The molecule has 1 aromatic carbocycles. The van der Waals surface area contributed by atoms with Crippen LogP contribution in [0.1, 0.15) is 103 Å². The molecule has 0 saturated heterocycles. The summed E-state index contributed by atoms with van der Waals surface area (Å²) in [5, 5.41) is 0. The Morgan fingerprint density at radius 3 is 2.03 bits per heavy atom.